The number of ether oxygens (including phenoxy) is 1. The average molecular weight is 314 g/mol. The Bertz CT molecular complexity index is 726. The largest absolute Gasteiger partial charge is 0.497 e. The maximum atomic E-state index is 11.7. The number of Topliss-reactive ketones (excluding diaryl/α,β-unsaturated/α-hetero) is 1. The van der Waals surface area contributed by atoms with E-state index in [9.17, 15) is 9.59 Å². The van der Waals surface area contributed by atoms with Crippen molar-refractivity contribution in [2.45, 2.75) is 20.3 Å². The molecule has 2 rings (SSSR count). The van der Waals surface area contributed by atoms with Gasteiger partial charge in [0.25, 0.3) is 0 Å². The van der Waals surface area contributed by atoms with E-state index < -0.39 is 0 Å². The van der Waals surface area contributed by atoms with Crippen LogP contribution in [0.2, 0.25) is 0 Å². The number of carbonyl (C=O) groups is 2. The van der Waals surface area contributed by atoms with E-state index in [0.717, 1.165) is 22.1 Å². The lowest BCUT2D eigenvalue weighted by molar-refractivity contribution is 0.101. The van der Waals surface area contributed by atoms with E-state index in [0.29, 0.717) is 25.1 Å². The number of ketones is 1. The second-order valence-electron chi connectivity index (χ2n) is 5.31. The smallest absolute Gasteiger partial charge is 0.314 e. The third-order valence-corrected chi connectivity index (χ3v) is 3.67. The van der Waals surface area contributed by atoms with Crippen molar-refractivity contribution in [1.29, 1.82) is 0 Å². The third kappa shape index (κ3) is 4.22. The number of rotatable bonds is 6. The minimum Gasteiger partial charge on any atom is -0.497 e. The Morgan fingerprint density at radius 2 is 1.91 bits per heavy atom. The monoisotopic (exact) mass is 314 g/mol. The number of fused-ring (bicyclic) bond motifs is 1. The van der Waals surface area contributed by atoms with Crippen molar-refractivity contribution in [3.63, 3.8) is 0 Å². The fourth-order valence-electron chi connectivity index (χ4n) is 2.48. The van der Waals surface area contributed by atoms with Gasteiger partial charge in [-0.05, 0) is 60.9 Å². The highest BCUT2D eigenvalue weighted by atomic mass is 16.5. The molecule has 122 valence electrons. The van der Waals surface area contributed by atoms with E-state index in [-0.39, 0.29) is 11.8 Å². The Morgan fingerprint density at radius 1 is 1.13 bits per heavy atom. The van der Waals surface area contributed by atoms with Crippen LogP contribution in [0.3, 0.4) is 0 Å². The number of carbonyl (C=O) groups excluding carboxylic acids is 2. The molecule has 5 heteroatoms. The highest BCUT2D eigenvalue weighted by Gasteiger charge is 2.09. The summed E-state index contributed by atoms with van der Waals surface area (Å²) in [5.74, 6) is 0.798. The number of amides is 2. The third-order valence-electron chi connectivity index (χ3n) is 3.67. The zero-order valence-corrected chi connectivity index (χ0v) is 13.7. The van der Waals surface area contributed by atoms with Crippen LogP contribution in [-0.2, 0) is 6.42 Å². The first-order chi connectivity index (χ1) is 11.0. The molecule has 5 nitrogen and oxygen atoms in total. The number of hydrogen-bond donors (Lipinski definition) is 2. The zero-order valence-electron chi connectivity index (χ0n) is 13.7. The number of urea groups is 1. The van der Waals surface area contributed by atoms with Crippen molar-refractivity contribution in [3.8, 4) is 5.75 Å². The Hall–Kier alpha value is -2.56. The minimum atomic E-state index is -0.183. The molecule has 2 amide bonds. The highest BCUT2D eigenvalue weighted by molar-refractivity contribution is 6.00. The molecule has 0 heterocycles. The van der Waals surface area contributed by atoms with Gasteiger partial charge in [-0.1, -0.05) is 6.07 Å². The van der Waals surface area contributed by atoms with Gasteiger partial charge in [-0.25, -0.2) is 4.79 Å². The van der Waals surface area contributed by atoms with Crippen LogP contribution in [0, 0.1) is 0 Å². The van der Waals surface area contributed by atoms with Gasteiger partial charge in [-0.3, -0.25) is 4.79 Å². The van der Waals surface area contributed by atoms with E-state index in [2.05, 4.69) is 10.6 Å². The molecule has 0 fully saturated rings. The highest BCUT2D eigenvalue weighted by Crippen LogP contribution is 2.26. The first kappa shape index (κ1) is 16.8. The molecule has 0 radical (unpaired) electrons. The maximum absolute atomic E-state index is 11.7. The molecule has 0 aromatic heterocycles. The molecule has 0 aliphatic heterocycles. The number of methoxy groups -OCH3 is 1. The molecule has 2 N–H and O–H groups in total. The van der Waals surface area contributed by atoms with Gasteiger partial charge in [0.05, 0.1) is 7.11 Å². The molecular formula is C18H22N2O3. The Morgan fingerprint density at radius 3 is 2.57 bits per heavy atom. The summed E-state index contributed by atoms with van der Waals surface area (Å²) < 4.78 is 5.28. The SMILES string of the molecule is CCNC(=O)NCCc1cc(C(C)=O)cc2ccc(OC)cc12. The molecule has 0 saturated heterocycles. The molecule has 0 saturated carbocycles. The van der Waals surface area contributed by atoms with Gasteiger partial charge in [0.15, 0.2) is 5.78 Å². The van der Waals surface area contributed by atoms with Gasteiger partial charge >= 0.3 is 6.03 Å². The summed E-state index contributed by atoms with van der Waals surface area (Å²) in [5, 5.41) is 7.53. The summed E-state index contributed by atoms with van der Waals surface area (Å²) in [6.07, 6.45) is 0.641. The number of nitrogens with one attached hydrogen (secondary N) is 2. The predicted molar refractivity (Wildman–Crippen MR) is 91.3 cm³/mol. The first-order valence-corrected chi connectivity index (χ1v) is 7.68. The van der Waals surface area contributed by atoms with Crippen molar-refractivity contribution >= 4 is 22.6 Å². The summed E-state index contributed by atoms with van der Waals surface area (Å²) in [5.41, 5.74) is 1.69. The zero-order chi connectivity index (χ0) is 16.8. The number of benzene rings is 2. The molecule has 23 heavy (non-hydrogen) atoms. The summed E-state index contributed by atoms with van der Waals surface area (Å²) in [7, 11) is 1.63. The van der Waals surface area contributed by atoms with Gasteiger partial charge in [0.1, 0.15) is 5.75 Å². The molecule has 0 aliphatic carbocycles. The lowest BCUT2D eigenvalue weighted by Crippen LogP contribution is -2.36. The van der Waals surface area contributed by atoms with Crippen LogP contribution in [0.5, 0.6) is 5.75 Å². The van der Waals surface area contributed by atoms with Crippen LogP contribution >= 0.6 is 0 Å². The summed E-state index contributed by atoms with van der Waals surface area (Å²) in [6.45, 7) is 4.52. The molecular weight excluding hydrogens is 292 g/mol. The van der Waals surface area contributed by atoms with Gasteiger partial charge in [-0.2, -0.15) is 0 Å². The van der Waals surface area contributed by atoms with Crippen LogP contribution in [0.4, 0.5) is 4.79 Å². The topological polar surface area (TPSA) is 67.4 Å². The molecule has 2 aromatic rings. The Kier molecular flexibility index (Phi) is 5.57. The van der Waals surface area contributed by atoms with Crippen molar-refractivity contribution in [1.82, 2.24) is 10.6 Å². The van der Waals surface area contributed by atoms with Crippen LogP contribution in [0.25, 0.3) is 10.8 Å². The van der Waals surface area contributed by atoms with Crippen LogP contribution in [-0.4, -0.2) is 32.0 Å². The van der Waals surface area contributed by atoms with Gasteiger partial charge < -0.3 is 15.4 Å². The van der Waals surface area contributed by atoms with E-state index in [1.807, 2.05) is 37.3 Å². The molecule has 2 aromatic carbocycles. The summed E-state index contributed by atoms with van der Waals surface area (Å²) in [6, 6.07) is 9.38. The standard InChI is InChI=1S/C18H22N2O3/c1-4-19-18(22)20-8-7-14-10-15(12(2)21)9-13-5-6-16(23-3)11-17(13)14/h5-6,9-11H,4,7-8H2,1-3H3,(H2,19,20,22). The predicted octanol–water partition coefficient (Wildman–Crippen LogP) is 2.91. The van der Waals surface area contributed by atoms with Crippen molar-refractivity contribution < 1.29 is 14.3 Å². The van der Waals surface area contributed by atoms with Crippen molar-refractivity contribution in [3.05, 3.63) is 41.5 Å². The molecule has 0 spiro atoms. The fourth-order valence-corrected chi connectivity index (χ4v) is 2.48. The molecule has 0 bridgehead atoms. The van der Waals surface area contributed by atoms with Crippen LogP contribution in [0.15, 0.2) is 30.3 Å². The lowest BCUT2D eigenvalue weighted by atomic mass is 9.97. The minimum absolute atomic E-state index is 0.0284. The first-order valence-electron chi connectivity index (χ1n) is 7.68. The van der Waals surface area contributed by atoms with Crippen molar-refractivity contribution in [2.24, 2.45) is 0 Å². The second kappa shape index (κ2) is 7.63. The van der Waals surface area contributed by atoms with E-state index in [1.54, 1.807) is 14.0 Å². The second-order valence-corrected chi connectivity index (χ2v) is 5.31. The van der Waals surface area contributed by atoms with Crippen molar-refractivity contribution in [2.75, 3.05) is 20.2 Å². The van der Waals surface area contributed by atoms with Crippen LogP contribution < -0.4 is 15.4 Å². The van der Waals surface area contributed by atoms with E-state index in [1.165, 1.54) is 0 Å². The van der Waals surface area contributed by atoms with Crippen LogP contribution in [0.1, 0.15) is 29.8 Å². The maximum Gasteiger partial charge on any atom is 0.314 e. The lowest BCUT2D eigenvalue weighted by Gasteiger charge is -2.11. The average Bonchev–Trinajstić information content (AvgIpc) is 2.54. The van der Waals surface area contributed by atoms with Gasteiger partial charge in [-0.15, -0.1) is 0 Å². The van der Waals surface area contributed by atoms with E-state index in [4.69, 9.17) is 4.74 Å². The van der Waals surface area contributed by atoms with Gasteiger partial charge in [0.2, 0.25) is 0 Å². The quantitative estimate of drug-likeness (QED) is 0.806. The summed E-state index contributed by atoms with van der Waals surface area (Å²) >= 11 is 0. The Labute approximate surface area is 136 Å². The Balaban J connectivity index is 2.30. The van der Waals surface area contributed by atoms with Gasteiger partial charge in [0, 0.05) is 18.7 Å². The van der Waals surface area contributed by atoms with E-state index >= 15 is 0 Å². The summed E-state index contributed by atoms with van der Waals surface area (Å²) in [4.78, 5) is 23.2. The molecule has 0 unspecified atom stereocenters. The normalized spacial score (nSPS) is 10.4. The molecule has 0 aliphatic rings. The fraction of sp³-hybridized carbons (Fsp3) is 0.333. The number of hydrogen-bond acceptors (Lipinski definition) is 3. The molecule has 0 atom stereocenters.